The average molecular weight is 415 g/mol. The van der Waals surface area contributed by atoms with Gasteiger partial charge in [0.25, 0.3) is 10.0 Å². The minimum atomic E-state index is -3.83. The van der Waals surface area contributed by atoms with E-state index in [0.717, 1.165) is 4.90 Å². The number of thioether (sulfide) groups is 1. The van der Waals surface area contributed by atoms with Crippen molar-refractivity contribution in [2.24, 2.45) is 0 Å². The summed E-state index contributed by atoms with van der Waals surface area (Å²) in [6.45, 7) is 2.33. The zero-order chi connectivity index (χ0) is 19.0. The van der Waals surface area contributed by atoms with Gasteiger partial charge in [-0.25, -0.2) is 8.42 Å². The molecule has 9 heteroatoms. The van der Waals surface area contributed by atoms with E-state index in [9.17, 15) is 13.2 Å². The number of benzene rings is 2. The van der Waals surface area contributed by atoms with Crippen molar-refractivity contribution in [3.8, 4) is 5.75 Å². The summed E-state index contributed by atoms with van der Waals surface area (Å²) in [4.78, 5) is 14.9. The second-order valence-electron chi connectivity index (χ2n) is 5.11. The van der Waals surface area contributed by atoms with Crippen molar-refractivity contribution in [3.63, 3.8) is 0 Å². The molecule has 140 valence electrons. The van der Waals surface area contributed by atoms with Gasteiger partial charge >= 0.3 is 0 Å². The lowest BCUT2D eigenvalue weighted by molar-refractivity contribution is -0.121. The Bertz CT molecular complexity index is 825. The number of carbonyl (C=O) groups excluding carboxylic acids is 1. The number of carbonyl (C=O) groups is 1. The fraction of sp³-hybridized carbons (Fsp3) is 0.235. The number of sulfonamides is 1. The van der Waals surface area contributed by atoms with E-state index < -0.39 is 15.9 Å². The van der Waals surface area contributed by atoms with Gasteiger partial charge in [0, 0.05) is 22.1 Å². The number of rotatable bonds is 9. The monoisotopic (exact) mass is 414 g/mol. The summed E-state index contributed by atoms with van der Waals surface area (Å²) in [6, 6.07) is 13.2. The van der Waals surface area contributed by atoms with E-state index in [1.807, 2.05) is 19.1 Å². The predicted molar refractivity (Wildman–Crippen MR) is 103 cm³/mol. The third-order valence-corrected chi connectivity index (χ3v) is 5.71. The van der Waals surface area contributed by atoms with Crippen LogP contribution in [0.4, 0.5) is 0 Å². The van der Waals surface area contributed by atoms with Gasteiger partial charge in [0.05, 0.1) is 11.5 Å². The molecule has 0 aliphatic heterocycles. The third-order valence-electron chi connectivity index (χ3n) is 3.18. The maximum Gasteiger partial charge on any atom is 0.257 e. The largest absolute Gasteiger partial charge is 0.494 e. The Morgan fingerprint density at radius 1 is 1.12 bits per heavy atom. The number of ether oxygens (including phenoxy) is 1. The molecule has 0 radical (unpaired) electrons. The molecule has 0 aromatic heterocycles. The van der Waals surface area contributed by atoms with Crippen LogP contribution in [-0.2, 0) is 14.8 Å². The van der Waals surface area contributed by atoms with Crippen LogP contribution in [0.25, 0.3) is 0 Å². The minimum Gasteiger partial charge on any atom is -0.494 e. The molecule has 0 saturated heterocycles. The molecule has 0 atom stereocenters. The molecule has 6 nitrogen and oxygen atoms in total. The Kier molecular flexibility index (Phi) is 7.77. The molecule has 2 aromatic rings. The van der Waals surface area contributed by atoms with Gasteiger partial charge in [-0.1, -0.05) is 11.6 Å². The molecule has 0 bridgehead atoms. The number of hydrazine groups is 1. The highest BCUT2D eigenvalue weighted by atomic mass is 35.5. The van der Waals surface area contributed by atoms with Crippen LogP contribution >= 0.6 is 23.4 Å². The Morgan fingerprint density at radius 3 is 2.38 bits per heavy atom. The molecule has 2 N–H and O–H groups in total. The van der Waals surface area contributed by atoms with Crippen molar-refractivity contribution in [3.05, 3.63) is 53.6 Å². The summed E-state index contributed by atoms with van der Waals surface area (Å²) in [6.07, 6.45) is 0.166. The van der Waals surface area contributed by atoms with Gasteiger partial charge in [-0.05, 0) is 55.5 Å². The summed E-state index contributed by atoms with van der Waals surface area (Å²) in [5.41, 5.74) is 2.21. The lowest BCUT2D eigenvalue weighted by atomic mass is 10.3. The van der Waals surface area contributed by atoms with Crippen LogP contribution in [0.1, 0.15) is 13.3 Å². The average Bonchev–Trinajstić information content (AvgIpc) is 2.63. The van der Waals surface area contributed by atoms with E-state index in [1.54, 1.807) is 24.3 Å². The van der Waals surface area contributed by atoms with Gasteiger partial charge in [-0.3, -0.25) is 10.2 Å². The SMILES string of the molecule is CCOc1ccc(S(=O)(=O)NNC(=O)CCSc2ccc(Cl)cc2)cc1. The summed E-state index contributed by atoms with van der Waals surface area (Å²) in [5.74, 6) is 0.675. The first-order valence-corrected chi connectivity index (χ1v) is 10.7. The molecule has 2 rings (SSSR count). The van der Waals surface area contributed by atoms with E-state index >= 15 is 0 Å². The normalized spacial score (nSPS) is 11.2. The van der Waals surface area contributed by atoms with Gasteiger partial charge in [0.1, 0.15) is 5.75 Å². The minimum absolute atomic E-state index is 0.0387. The Hall–Kier alpha value is -1.74. The molecule has 0 heterocycles. The quantitative estimate of drug-likeness (QED) is 0.486. The van der Waals surface area contributed by atoms with E-state index in [2.05, 4.69) is 10.3 Å². The van der Waals surface area contributed by atoms with Crippen LogP contribution in [0.15, 0.2) is 58.3 Å². The van der Waals surface area contributed by atoms with Gasteiger partial charge in [0.2, 0.25) is 5.91 Å². The number of hydrogen-bond donors (Lipinski definition) is 2. The molecule has 0 aliphatic carbocycles. The summed E-state index contributed by atoms with van der Waals surface area (Å²) in [5, 5.41) is 0.649. The zero-order valence-corrected chi connectivity index (χ0v) is 16.5. The highest BCUT2D eigenvalue weighted by Gasteiger charge is 2.15. The Labute approximate surface area is 162 Å². The fourth-order valence-electron chi connectivity index (χ4n) is 1.92. The summed E-state index contributed by atoms with van der Waals surface area (Å²) >= 11 is 7.29. The van der Waals surface area contributed by atoms with Crippen LogP contribution in [-0.4, -0.2) is 26.7 Å². The van der Waals surface area contributed by atoms with E-state index in [4.69, 9.17) is 16.3 Å². The van der Waals surface area contributed by atoms with Crippen molar-refractivity contribution >= 4 is 39.3 Å². The van der Waals surface area contributed by atoms with Crippen LogP contribution in [0.3, 0.4) is 0 Å². The Balaban J connectivity index is 1.78. The van der Waals surface area contributed by atoms with Crippen molar-refractivity contribution in [1.82, 2.24) is 10.3 Å². The van der Waals surface area contributed by atoms with Crippen LogP contribution < -0.4 is 15.0 Å². The van der Waals surface area contributed by atoms with Gasteiger partial charge in [0.15, 0.2) is 0 Å². The molecule has 0 saturated carbocycles. The van der Waals surface area contributed by atoms with Gasteiger partial charge < -0.3 is 4.74 Å². The standard InChI is InChI=1S/C17H19ClN2O4S2/c1-2-24-14-5-9-16(10-6-14)26(22,23)20-19-17(21)11-12-25-15-7-3-13(18)4-8-15/h3-10,20H,2,11-12H2,1H3,(H,19,21). The van der Waals surface area contributed by atoms with E-state index in [-0.39, 0.29) is 11.3 Å². The predicted octanol–water partition coefficient (Wildman–Crippen LogP) is 3.23. The molecule has 0 unspecified atom stereocenters. The van der Waals surface area contributed by atoms with Crippen molar-refractivity contribution in [1.29, 1.82) is 0 Å². The second kappa shape index (κ2) is 9.82. The first-order chi connectivity index (χ1) is 12.4. The molecule has 0 spiro atoms. The van der Waals surface area contributed by atoms with Gasteiger partial charge in [-0.15, -0.1) is 16.6 Å². The maximum atomic E-state index is 12.1. The van der Waals surface area contributed by atoms with Crippen LogP contribution in [0, 0.1) is 0 Å². The zero-order valence-electron chi connectivity index (χ0n) is 14.1. The van der Waals surface area contributed by atoms with E-state index in [1.165, 1.54) is 23.9 Å². The third kappa shape index (κ3) is 6.53. The van der Waals surface area contributed by atoms with E-state index in [0.29, 0.717) is 23.1 Å². The molecule has 0 aliphatic rings. The van der Waals surface area contributed by atoms with Crippen molar-refractivity contribution in [2.75, 3.05) is 12.4 Å². The molecule has 0 fully saturated rings. The smallest absolute Gasteiger partial charge is 0.257 e. The lowest BCUT2D eigenvalue weighted by Crippen LogP contribution is -2.41. The highest BCUT2D eigenvalue weighted by Crippen LogP contribution is 2.21. The first kappa shape index (κ1) is 20.6. The van der Waals surface area contributed by atoms with Crippen LogP contribution in [0.2, 0.25) is 5.02 Å². The number of nitrogens with one attached hydrogen (secondary N) is 2. The first-order valence-electron chi connectivity index (χ1n) is 7.82. The number of amides is 1. The topological polar surface area (TPSA) is 84.5 Å². The molecular weight excluding hydrogens is 396 g/mol. The molecular formula is C17H19ClN2O4S2. The summed E-state index contributed by atoms with van der Waals surface area (Å²) < 4.78 is 29.6. The fourth-order valence-corrected chi connectivity index (χ4v) is 3.76. The Morgan fingerprint density at radius 2 is 1.77 bits per heavy atom. The molecule has 1 amide bonds. The van der Waals surface area contributed by atoms with Crippen molar-refractivity contribution in [2.45, 2.75) is 23.1 Å². The summed E-state index contributed by atoms with van der Waals surface area (Å²) in [7, 11) is -3.83. The van der Waals surface area contributed by atoms with Crippen LogP contribution in [0.5, 0.6) is 5.75 Å². The van der Waals surface area contributed by atoms with Gasteiger partial charge in [-0.2, -0.15) is 0 Å². The highest BCUT2D eigenvalue weighted by molar-refractivity contribution is 7.99. The lowest BCUT2D eigenvalue weighted by Gasteiger charge is -2.09. The molecule has 26 heavy (non-hydrogen) atoms. The number of halogens is 1. The second-order valence-corrected chi connectivity index (χ2v) is 8.40. The number of hydrogen-bond acceptors (Lipinski definition) is 5. The molecule has 2 aromatic carbocycles. The maximum absolute atomic E-state index is 12.1. The van der Waals surface area contributed by atoms with Crippen molar-refractivity contribution < 1.29 is 17.9 Å².